The summed E-state index contributed by atoms with van der Waals surface area (Å²) in [5, 5.41) is 28.6. The Morgan fingerprint density at radius 3 is 2.64 bits per heavy atom. The lowest BCUT2D eigenvalue weighted by molar-refractivity contribution is -0.521. The van der Waals surface area contributed by atoms with Crippen molar-refractivity contribution in [3.63, 3.8) is 0 Å². The summed E-state index contributed by atoms with van der Waals surface area (Å²) in [6.45, 7) is -0.385. The third-order valence-corrected chi connectivity index (χ3v) is 8.45. The Labute approximate surface area is 220 Å². The topological polar surface area (TPSA) is 201 Å². The first kappa shape index (κ1) is 25.4. The number of hydrogen-bond donors (Lipinski definition) is 7. The first-order valence-corrected chi connectivity index (χ1v) is 12.7. The number of nitrogens with two attached hydrogens (primary N) is 2. The Balaban J connectivity index is 1.32. The molecule has 9 N–H and O–H groups in total. The number of amides is 3. The Kier molecular flexibility index (Phi) is 5.43. The number of carbonyl (C=O) groups is 3. The minimum Gasteiger partial charge on any atom is -0.370 e. The molecule has 3 amide bonds. The van der Waals surface area contributed by atoms with Gasteiger partial charge in [-0.1, -0.05) is 12.1 Å². The lowest BCUT2D eigenvalue weighted by Gasteiger charge is -2.46. The van der Waals surface area contributed by atoms with Gasteiger partial charge in [0.05, 0.1) is 13.1 Å². The van der Waals surface area contributed by atoms with Crippen LogP contribution in [0.1, 0.15) is 47.2 Å². The summed E-state index contributed by atoms with van der Waals surface area (Å²) >= 11 is 0. The number of rotatable bonds is 4. The lowest BCUT2D eigenvalue weighted by Crippen LogP contribution is -2.90. The van der Waals surface area contributed by atoms with E-state index in [1.807, 2.05) is 0 Å². The molecule has 2 fully saturated rings. The summed E-state index contributed by atoms with van der Waals surface area (Å²) < 4.78 is 29.0. The predicted molar refractivity (Wildman–Crippen MR) is 130 cm³/mol. The van der Waals surface area contributed by atoms with E-state index in [1.165, 1.54) is 23.1 Å². The molecule has 39 heavy (non-hydrogen) atoms. The third kappa shape index (κ3) is 3.52. The van der Waals surface area contributed by atoms with Crippen LogP contribution in [0.3, 0.4) is 0 Å². The van der Waals surface area contributed by atoms with E-state index < -0.39 is 41.4 Å². The van der Waals surface area contributed by atoms with Crippen LogP contribution in [0.15, 0.2) is 23.2 Å². The first-order chi connectivity index (χ1) is 18.4. The van der Waals surface area contributed by atoms with Gasteiger partial charge in [-0.3, -0.25) is 34.9 Å². The second kappa shape index (κ2) is 8.32. The van der Waals surface area contributed by atoms with Gasteiger partial charge in [-0.2, -0.15) is 0 Å². The van der Waals surface area contributed by atoms with Crippen molar-refractivity contribution in [1.29, 1.82) is 0 Å². The number of nitrogens with zero attached hydrogens (tertiary/aromatic N) is 3. The highest BCUT2D eigenvalue weighted by atomic mass is 19.3. The summed E-state index contributed by atoms with van der Waals surface area (Å²) in [4.78, 5) is 47.6. The molecule has 1 aromatic rings. The molecule has 4 aliphatic heterocycles. The number of nitrogens with one attached hydrogen (secondary N) is 3. The number of halogens is 2. The largest absolute Gasteiger partial charge is 0.370 e. The molecule has 0 radical (unpaired) electrons. The van der Waals surface area contributed by atoms with Crippen LogP contribution in [0.4, 0.5) is 8.78 Å². The number of aliphatic imine (C=N–C) groups is 1. The molecule has 4 heterocycles. The van der Waals surface area contributed by atoms with Crippen molar-refractivity contribution in [2.75, 3.05) is 13.1 Å². The fourth-order valence-electron chi connectivity index (χ4n) is 6.60. The van der Waals surface area contributed by atoms with Gasteiger partial charge < -0.3 is 21.3 Å². The molecule has 0 saturated carbocycles. The van der Waals surface area contributed by atoms with Gasteiger partial charge in [0.1, 0.15) is 12.1 Å². The van der Waals surface area contributed by atoms with Crippen molar-refractivity contribution in [2.45, 2.75) is 67.6 Å². The highest BCUT2D eigenvalue weighted by Crippen LogP contribution is 2.43. The molecule has 2 saturated heterocycles. The number of benzene rings is 1. The zero-order chi connectivity index (χ0) is 27.9. The van der Waals surface area contributed by atoms with Gasteiger partial charge in [-0.05, 0) is 24.5 Å². The molecule has 208 valence electrons. The fraction of sp³-hybridized carbons (Fsp3) is 0.542. The lowest BCUT2D eigenvalue weighted by atomic mass is 9.84. The SMILES string of the molecule is NC1=N[C@@H](CN2C(=O)CCC2=O)[C@@H]2[NH+]=C(N)N[C@]23N1CC(NC(=O)c1cccc2c1CCCC2(F)F)C3(O)O. The van der Waals surface area contributed by atoms with Gasteiger partial charge >= 0.3 is 5.96 Å². The molecule has 0 bridgehead atoms. The molecule has 1 spiro atoms. The van der Waals surface area contributed by atoms with E-state index in [9.17, 15) is 33.4 Å². The monoisotopic (exact) mass is 547 g/mol. The Hall–Kier alpha value is -3.85. The first-order valence-electron chi connectivity index (χ1n) is 12.7. The maximum absolute atomic E-state index is 14.5. The molecular weight excluding hydrogens is 518 g/mol. The summed E-state index contributed by atoms with van der Waals surface area (Å²) in [6.07, 6.45) is 0.317. The number of likely N-dealkylation sites (tertiary alicyclic amines) is 1. The molecule has 1 aliphatic carbocycles. The maximum Gasteiger partial charge on any atom is 0.343 e. The number of carbonyl (C=O) groups excluding carboxylic acids is 3. The highest BCUT2D eigenvalue weighted by molar-refractivity contribution is 6.02. The van der Waals surface area contributed by atoms with Gasteiger partial charge in [0.25, 0.3) is 17.5 Å². The zero-order valence-electron chi connectivity index (χ0n) is 20.8. The van der Waals surface area contributed by atoms with Crippen molar-refractivity contribution in [3.05, 3.63) is 34.9 Å². The second-order valence-corrected chi connectivity index (χ2v) is 10.6. The number of aliphatic hydroxyl groups is 2. The van der Waals surface area contributed by atoms with Gasteiger partial charge in [0, 0.05) is 30.4 Å². The summed E-state index contributed by atoms with van der Waals surface area (Å²) in [5.74, 6) is -7.44. The van der Waals surface area contributed by atoms with E-state index in [4.69, 9.17) is 11.5 Å². The summed E-state index contributed by atoms with van der Waals surface area (Å²) in [6, 6.07) is 0.844. The molecule has 15 heteroatoms. The number of imide groups is 1. The normalized spacial score (nSPS) is 32.2. The van der Waals surface area contributed by atoms with Crippen molar-refractivity contribution in [3.8, 4) is 0 Å². The summed E-state index contributed by atoms with van der Waals surface area (Å²) in [7, 11) is 0. The molecule has 0 aromatic heterocycles. The third-order valence-electron chi connectivity index (χ3n) is 8.45. The Bertz CT molecular complexity index is 1330. The molecular formula is C24H29F2N8O5+. The minimum atomic E-state index is -3.06. The molecule has 13 nitrogen and oxygen atoms in total. The van der Waals surface area contributed by atoms with Crippen LogP contribution in [0.5, 0.6) is 0 Å². The van der Waals surface area contributed by atoms with Gasteiger partial charge in [-0.15, -0.1) is 0 Å². The molecule has 1 aromatic carbocycles. The fourth-order valence-corrected chi connectivity index (χ4v) is 6.60. The van der Waals surface area contributed by atoms with Gasteiger partial charge in [0.2, 0.25) is 17.6 Å². The van der Waals surface area contributed by atoms with Crippen LogP contribution < -0.4 is 27.1 Å². The highest BCUT2D eigenvalue weighted by Gasteiger charge is 2.76. The Morgan fingerprint density at radius 2 is 1.92 bits per heavy atom. The number of alkyl halides is 2. The quantitative estimate of drug-likeness (QED) is 0.145. The molecule has 1 unspecified atom stereocenters. The Morgan fingerprint density at radius 1 is 1.21 bits per heavy atom. The van der Waals surface area contributed by atoms with E-state index in [0.717, 1.165) is 4.90 Å². The number of guanidine groups is 2. The number of fused-ring (bicyclic) bond motifs is 1. The zero-order valence-corrected chi connectivity index (χ0v) is 20.8. The minimum absolute atomic E-state index is 0.0238. The van der Waals surface area contributed by atoms with Gasteiger partial charge in [0.15, 0.2) is 12.0 Å². The van der Waals surface area contributed by atoms with Crippen LogP contribution in [0.25, 0.3) is 0 Å². The van der Waals surface area contributed by atoms with Crippen LogP contribution in [0.2, 0.25) is 0 Å². The van der Waals surface area contributed by atoms with Crippen LogP contribution in [0, 0.1) is 0 Å². The van der Waals surface area contributed by atoms with Crippen molar-refractivity contribution in [2.24, 2.45) is 16.5 Å². The maximum atomic E-state index is 14.5. The van der Waals surface area contributed by atoms with E-state index in [0.29, 0.717) is 0 Å². The average molecular weight is 548 g/mol. The predicted octanol–water partition coefficient (Wildman–Crippen LogP) is -3.88. The summed E-state index contributed by atoms with van der Waals surface area (Å²) in [5.41, 5.74) is 10.5. The second-order valence-electron chi connectivity index (χ2n) is 10.6. The smallest absolute Gasteiger partial charge is 0.343 e. The van der Waals surface area contributed by atoms with E-state index in [2.05, 4.69) is 20.6 Å². The van der Waals surface area contributed by atoms with Gasteiger partial charge in [-0.25, -0.2) is 19.1 Å². The standard InChI is InChI=1S/C24H28F2N8O5/c25-22(26)8-2-4-11-12(3-1-5-13(11)22)19(37)30-15-10-34-21(28)29-14(9-33-16(35)6-7-17(33)36)18-23(34,24(15,38)39)32-20(27)31-18/h1,3,5,14-15,18,38-39H,2,4,6-10H2,(H2,28,29)(H,30,37)(H3,27,31,32)/p+1/t14-,15?,18-,23-/m0/s1. The average Bonchev–Trinajstić information content (AvgIpc) is 3.46. The van der Waals surface area contributed by atoms with Crippen LogP contribution >= 0.6 is 0 Å². The van der Waals surface area contributed by atoms with Crippen molar-refractivity contribution >= 4 is 29.6 Å². The molecule has 5 aliphatic rings. The van der Waals surface area contributed by atoms with Crippen molar-refractivity contribution < 1.29 is 38.4 Å². The molecule has 6 rings (SSSR count). The van der Waals surface area contributed by atoms with Crippen LogP contribution in [-0.2, 0) is 21.9 Å². The molecule has 4 atom stereocenters. The number of hydrogen-bond acceptors (Lipinski definition) is 10. The van der Waals surface area contributed by atoms with Crippen LogP contribution in [-0.4, -0.2) is 92.3 Å². The van der Waals surface area contributed by atoms with E-state index >= 15 is 0 Å². The van der Waals surface area contributed by atoms with Crippen molar-refractivity contribution in [1.82, 2.24) is 20.4 Å². The van der Waals surface area contributed by atoms with E-state index in [-0.39, 0.29) is 85.6 Å². The van der Waals surface area contributed by atoms with E-state index in [1.54, 1.807) is 0 Å².